The van der Waals surface area contributed by atoms with E-state index in [0.29, 0.717) is 11.1 Å². The monoisotopic (exact) mass is 337 g/mol. The number of benzene rings is 2. The Kier molecular flexibility index (Phi) is 5.46. The Bertz CT molecular complexity index is 738. The second-order valence-electron chi connectivity index (χ2n) is 6.13. The fourth-order valence-electron chi connectivity index (χ4n) is 2.97. The summed E-state index contributed by atoms with van der Waals surface area (Å²) >= 11 is 0. The van der Waals surface area contributed by atoms with Gasteiger partial charge in [-0.1, -0.05) is 31.2 Å². The number of amides is 2. The summed E-state index contributed by atoms with van der Waals surface area (Å²) in [4.78, 5) is 29.3. The molecular weight excluding hydrogens is 314 g/mol. The predicted molar refractivity (Wildman–Crippen MR) is 98.9 cm³/mol. The number of hydrogen-bond acceptors (Lipinski definition) is 3. The van der Waals surface area contributed by atoms with Gasteiger partial charge >= 0.3 is 0 Å². The maximum absolute atomic E-state index is 12.7. The third-order valence-electron chi connectivity index (χ3n) is 4.51. The Balaban J connectivity index is 1.68. The van der Waals surface area contributed by atoms with Gasteiger partial charge in [0.25, 0.3) is 11.8 Å². The Morgan fingerprint density at radius 3 is 2.28 bits per heavy atom. The fraction of sp³-hybridized carbons (Fsp3) is 0.300. The third-order valence-corrected chi connectivity index (χ3v) is 4.51. The zero-order valence-corrected chi connectivity index (χ0v) is 14.4. The maximum atomic E-state index is 12.7. The van der Waals surface area contributed by atoms with E-state index < -0.39 is 0 Å². The second-order valence-corrected chi connectivity index (χ2v) is 6.13. The lowest BCUT2D eigenvalue weighted by Crippen LogP contribution is -2.48. The molecule has 0 unspecified atom stereocenters. The molecule has 2 amide bonds. The number of carbonyl (C=O) groups is 2. The molecule has 1 N–H and O–H groups in total. The van der Waals surface area contributed by atoms with Gasteiger partial charge in [-0.2, -0.15) is 0 Å². The van der Waals surface area contributed by atoms with Crippen molar-refractivity contribution in [3.8, 4) is 0 Å². The molecule has 2 aromatic carbocycles. The fourth-order valence-corrected chi connectivity index (χ4v) is 2.97. The SMILES string of the molecule is CCN1CCN(C(=O)c2cccc(C(=O)Nc3ccccc3)c2)CC1. The lowest BCUT2D eigenvalue weighted by atomic mass is 10.1. The molecular formula is C20H23N3O2. The Labute approximate surface area is 148 Å². The van der Waals surface area contributed by atoms with Crippen molar-refractivity contribution in [3.05, 3.63) is 65.7 Å². The van der Waals surface area contributed by atoms with Crippen LogP contribution in [0.3, 0.4) is 0 Å². The highest BCUT2D eigenvalue weighted by Gasteiger charge is 2.21. The summed E-state index contributed by atoms with van der Waals surface area (Å²) < 4.78 is 0. The minimum Gasteiger partial charge on any atom is -0.336 e. The molecule has 3 rings (SSSR count). The molecule has 1 aliphatic heterocycles. The van der Waals surface area contributed by atoms with Crippen molar-refractivity contribution in [1.82, 2.24) is 9.80 Å². The quantitative estimate of drug-likeness (QED) is 0.933. The summed E-state index contributed by atoms with van der Waals surface area (Å²) in [5.74, 6) is -0.221. The Morgan fingerprint density at radius 1 is 0.920 bits per heavy atom. The highest BCUT2D eigenvalue weighted by atomic mass is 16.2. The Hall–Kier alpha value is -2.66. The Morgan fingerprint density at radius 2 is 1.60 bits per heavy atom. The van der Waals surface area contributed by atoms with Crippen molar-refractivity contribution in [3.63, 3.8) is 0 Å². The first-order valence-electron chi connectivity index (χ1n) is 8.65. The predicted octanol–water partition coefficient (Wildman–Crippen LogP) is 2.72. The van der Waals surface area contributed by atoms with E-state index in [-0.39, 0.29) is 11.8 Å². The van der Waals surface area contributed by atoms with E-state index in [0.717, 1.165) is 38.4 Å². The van der Waals surface area contributed by atoms with Crippen molar-refractivity contribution in [2.45, 2.75) is 6.92 Å². The van der Waals surface area contributed by atoms with Crippen LogP contribution in [0.15, 0.2) is 54.6 Å². The number of nitrogens with zero attached hydrogens (tertiary/aromatic N) is 2. The molecule has 5 nitrogen and oxygen atoms in total. The molecule has 25 heavy (non-hydrogen) atoms. The molecule has 1 fully saturated rings. The normalized spacial score (nSPS) is 15.0. The van der Waals surface area contributed by atoms with Crippen LogP contribution in [0.2, 0.25) is 0 Å². The standard InChI is InChI=1S/C20H23N3O2/c1-2-22-11-13-23(14-12-22)20(25)17-8-6-7-16(15-17)19(24)21-18-9-4-3-5-10-18/h3-10,15H,2,11-14H2,1H3,(H,21,24). The minimum absolute atomic E-state index is 0.00915. The average Bonchev–Trinajstić information content (AvgIpc) is 2.68. The van der Waals surface area contributed by atoms with Crippen LogP contribution < -0.4 is 5.32 Å². The van der Waals surface area contributed by atoms with E-state index in [1.807, 2.05) is 35.2 Å². The first-order chi connectivity index (χ1) is 12.2. The molecule has 0 spiro atoms. The van der Waals surface area contributed by atoms with E-state index in [9.17, 15) is 9.59 Å². The summed E-state index contributed by atoms with van der Waals surface area (Å²) in [5, 5.41) is 2.85. The summed E-state index contributed by atoms with van der Waals surface area (Å²) in [5.41, 5.74) is 1.78. The molecule has 0 saturated carbocycles. The van der Waals surface area contributed by atoms with Crippen LogP contribution >= 0.6 is 0 Å². The number of likely N-dealkylation sites (N-methyl/N-ethyl adjacent to an activating group) is 1. The average molecular weight is 337 g/mol. The first kappa shape index (κ1) is 17.2. The largest absolute Gasteiger partial charge is 0.336 e. The first-order valence-corrected chi connectivity index (χ1v) is 8.65. The summed E-state index contributed by atoms with van der Waals surface area (Å²) in [6.07, 6.45) is 0. The number of para-hydroxylation sites is 1. The van der Waals surface area contributed by atoms with E-state index in [2.05, 4.69) is 17.1 Å². The molecule has 0 aliphatic carbocycles. The molecule has 1 saturated heterocycles. The van der Waals surface area contributed by atoms with Gasteiger partial charge in [-0.3, -0.25) is 9.59 Å². The van der Waals surface area contributed by atoms with Crippen molar-refractivity contribution in [1.29, 1.82) is 0 Å². The lowest BCUT2D eigenvalue weighted by Gasteiger charge is -2.34. The molecule has 130 valence electrons. The summed E-state index contributed by atoms with van der Waals surface area (Å²) in [6.45, 7) is 6.40. The maximum Gasteiger partial charge on any atom is 0.255 e. The van der Waals surface area contributed by atoms with E-state index in [4.69, 9.17) is 0 Å². The molecule has 1 heterocycles. The number of hydrogen-bond donors (Lipinski definition) is 1. The van der Waals surface area contributed by atoms with Crippen LogP contribution in [0.4, 0.5) is 5.69 Å². The molecule has 2 aromatic rings. The van der Waals surface area contributed by atoms with Gasteiger partial charge in [0.1, 0.15) is 0 Å². The van der Waals surface area contributed by atoms with Gasteiger partial charge in [0, 0.05) is 43.0 Å². The van der Waals surface area contributed by atoms with Gasteiger partial charge in [0.05, 0.1) is 0 Å². The number of carbonyl (C=O) groups excluding carboxylic acids is 2. The summed E-state index contributed by atoms with van der Waals surface area (Å²) in [7, 11) is 0. The smallest absolute Gasteiger partial charge is 0.255 e. The van der Waals surface area contributed by atoms with Crippen LogP contribution in [-0.4, -0.2) is 54.3 Å². The van der Waals surface area contributed by atoms with Crippen LogP contribution in [0, 0.1) is 0 Å². The van der Waals surface area contributed by atoms with E-state index in [1.54, 1.807) is 24.3 Å². The van der Waals surface area contributed by atoms with Crippen LogP contribution in [0.1, 0.15) is 27.6 Å². The molecule has 0 bridgehead atoms. The number of rotatable bonds is 4. The van der Waals surface area contributed by atoms with E-state index >= 15 is 0 Å². The van der Waals surface area contributed by atoms with Crippen molar-refractivity contribution in [2.24, 2.45) is 0 Å². The highest BCUT2D eigenvalue weighted by Crippen LogP contribution is 2.13. The van der Waals surface area contributed by atoms with Gasteiger partial charge in [-0.25, -0.2) is 0 Å². The molecule has 0 aromatic heterocycles. The number of piperazine rings is 1. The third kappa shape index (κ3) is 4.25. The van der Waals surface area contributed by atoms with Crippen LogP contribution in [0.5, 0.6) is 0 Å². The second kappa shape index (κ2) is 7.94. The molecule has 0 radical (unpaired) electrons. The van der Waals surface area contributed by atoms with Gasteiger partial charge in [0.2, 0.25) is 0 Å². The van der Waals surface area contributed by atoms with Crippen molar-refractivity contribution < 1.29 is 9.59 Å². The van der Waals surface area contributed by atoms with Crippen LogP contribution in [-0.2, 0) is 0 Å². The lowest BCUT2D eigenvalue weighted by molar-refractivity contribution is 0.0643. The molecule has 1 aliphatic rings. The van der Waals surface area contributed by atoms with E-state index in [1.165, 1.54) is 0 Å². The number of anilines is 1. The molecule has 5 heteroatoms. The van der Waals surface area contributed by atoms with Gasteiger partial charge < -0.3 is 15.1 Å². The highest BCUT2D eigenvalue weighted by molar-refractivity contribution is 6.06. The zero-order chi connectivity index (χ0) is 17.6. The van der Waals surface area contributed by atoms with Crippen molar-refractivity contribution >= 4 is 17.5 Å². The summed E-state index contributed by atoms with van der Waals surface area (Å²) in [6, 6.07) is 16.2. The minimum atomic E-state index is -0.211. The van der Waals surface area contributed by atoms with Crippen LogP contribution in [0.25, 0.3) is 0 Å². The number of nitrogens with one attached hydrogen (secondary N) is 1. The van der Waals surface area contributed by atoms with Gasteiger partial charge in [-0.15, -0.1) is 0 Å². The van der Waals surface area contributed by atoms with Gasteiger partial charge in [0.15, 0.2) is 0 Å². The van der Waals surface area contributed by atoms with Gasteiger partial charge in [-0.05, 0) is 36.9 Å². The zero-order valence-electron chi connectivity index (χ0n) is 14.4. The van der Waals surface area contributed by atoms with Crippen molar-refractivity contribution in [2.75, 3.05) is 38.0 Å². The topological polar surface area (TPSA) is 52.7 Å². The molecule has 0 atom stereocenters.